The van der Waals surface area contributed by atoms with Gasteiger partial charge in [0, 0.05) is 28.3 Å². The van der Waals surface area contributed by atoms with Crippen LogP contribution in [0.15, 0.2) is 30.3 Å². The van der Waals surface area contributed by atoms with Gasteiger partial charge in [-0.05, 0) is 18.4 Å². The van der Waals surface area contributed by atoms with E-state index < -0.39 is 34.4 Å². The molecule has 0 aliphatic heterocycles. The Morgan fingerprint density at radius 1 is 1.30 bits per heavy atom. The molecule has 0 amide bonds. The van der Waals surface area contributed by atoms with E-state index in [0.29, 0.717) is 0 Å². The number of nitrogens with one attached hydrogen (secondary N) is 1. The van der Waals surface area contributed by atoms with E-state index in [-0.39, 0.29) is 18.9 Å². The van der Waals surface area contributed by atoms with Crippen molar-refractivity contribution in [3.8, 4) is 5.88 Å². The number of aromatic nitrogens is 1. The number of para-hydroxylation sites is 1. The molecule has 0 saturated heterocycles. The Morgan fingerprint density at radius 2 is 1.96 bits per heavy atom. The fourth-order valence-electron chi connectivity index (χ4n) is 2.70. The number of benzene rings is 1. The molecule has 27 heavy (non-hydrogen) atoms. The Hall–Kier alpha value is -2.94. The molecule has 1 aromatic carbocycles. The Labute approximate surface area is 156 Å². The van der Waals surface area contributed by atoms with Crippen LogP contribution in [0.1, 0.15) is 27.2 Å². The smallest absolute Gasteiger partial charge is 0.381 e. The molecular formula is C18H23N3O6. The Balaban J connectivity index is 2.10. The zero-order valence-electron chi connectivity index (χ0n) is 15.4. The van der Waals surface area contributed by atoms with Gasteiger partial charge in [-0.15, -0.1) is 0 Å². The van der Waals surface area contributed by atoms with Crippen molar-refractivity contribution in [1.29, 1.82) is 0 Å². The van der Waals surface area contributed by atoms with Crippen LogP contribution in [0.25, 0.3) is 10.9 Å². The van der Waals surface area contributed by atoms with Crippen LogP contribution in [0, 0.1) is 15.5 Å². The number of nitrogens with zero attached hydrogens (tertiary/aromatic N) is 1. The van der Waals surface area contributed by atoms with Crippen molar-refractivity contribution in [2.75, 3.05) is 6.61 Å². The number of ether oxygens (including phenoxy) is 2. The monoisotopic (exact) mass is 377 g/mol. The van der Waals surface area contributed by atoms with Gasteiger partial charge in [0.2, 0.25) is 5.88 Å². The quantitative estimate of drug-likeness (QED) is 0.408. The summed E-state index contributed by atoms with van der Waals surface area (Å²) in [7, 11) is 0. The zero-order chi connectivity index (χ0) is 20.2. The molecule has 1 unspecified atom stereocenters. The van der Waals surface area contributed by atoms with Crippen molar-refractivity contribution < 1.29 is 24.0 Å². The molecule has 146 valence electrons. The van der Waals surface area contributed by atoms with E-state index in [9.17, 15) is 19.7 Å². The Kier molecular flexibility index (Phi) is 6.17. The number of H-pyrrole nitrogens is 1. The third-order valence-corrected chi connectivity index (χ3v) is 4.34. The van der Waals surface area contributed by atoms with Gasteiger partial charge in [0.1, 0.15) is 6.04 Å². The molecule has 3 N–H and O–H groups in total. The molecule has 9 heteroatoms. The third-order valence-electron chi connectivity index (χ3n) is 4.34. The molecular weight excluding hydrogens is 354 g/mol. The van der Waals surface area contributed by atoms with Crippen molar-refractivity contribution in [2.45, 2.75) is 39.3 Å². The van der Waals surface area contributed by atoms with Gasteiger partial charge >= 0.3 is 18.0 Å². The second-order valence-electron chi connectivity index (χ2n) is 6.87. The summed E-state index contributed by atoms with van der Waals surface area (Å²) in [5, 5.41) is 12.1. The Morgan fingerprint density at radius 3 is 2.56 bits per heavy atom. The lowest BCUT2D eigenvalue weighted by atomic mass is 9.79. The molecule has 1 heterocycles. The van der Waals surface area contributed by atoms with Crippen molar-refractivity contribution in [1.82, 2.24) is 4.98 Å². The highest BCUT2D eigenvalue weighted by molar-refractivity contribution is 5.84. The fraction of sp³-hybridized carbons (Fsp3) is 0.444. The summed E-state index contributed by atoms with van der Waals surface area (Å²) in [5.74, 6) is -1.48. The first kappa shape index (κ1) is 20.4. The lowest BCUT2D eigenvalue weighted by Crippen LogP contribution is -2.49. The number of hydrogen-bond donors (Lipinski definition) is 2. The normalized spacial score (nSPS) is 13.8. The predicted octanol–water partition coefficient (Wildman–Crippen LogP) is 2.03. The van der Waals surface area contributed by atoms with Crippen molar-refractivity contribution >= 4 is 22.8 Å². The molecule has 2 rings (SSSR count). The molecule has 0 aliphatic rings. The first-order valence-corrected chi connectivity index (χ1v) is 8.51. The first-order chi connectivity index (χ1) is 12.7. The highest BCUT2D eigenvalue weighted by atomic mass is 16.6. The SMILES string of the molecule is CCOC(=O)C(CC(C)(C)[C@H](N)C(=O)Oc1cc2ccccc2[nH]1)[N+](=O)[O-]. The Bertz CT molecular complexity index is 811. The van der Waals surface area contributed by atoms with Crippen molar-refractivity contribution in [3.05, 3.63) is 40.4 Å². The molecule has 0 bridgehead atoms. The van der Waals surface area contributed by atoms with Crippen molar-refractivity contribution in [2.24, 2.45) is 11.1 Å². The summed E-state index contributed by atoms with van der Waals surface area (Å²) in [5.41, 5.74) is 5.72. The van der Waals surface area contributed by atoms with Crippen LogP contribution >= 0.6 is 0 Å². The molecule has 0 spiro atoms. The van der Waals surface area contributed by atoms with Crippen LogP contribution in [0.5, 0.6) is 5.88 Å². The van der Waals surface area contributed by atoms with Gasteiger partial charge in [0.15, 0.2) is 0 Å². The molecule has 9 nitrogen and oxygen atoms in total. The second-order valence-corrected chi connectivity index (χ2v) is 6.87. The molecule has 2 atom stereocenters. The maximum Gasteiger partial charge on any atom is 0.381 e. The average molecular weight is 377 g/mol. The van der Waals surface area contributed by atoms with E-state index in [1.807, 2.05) is 24.3 Å². The number of nitro groups is 1. The van der Waals surface area contributed by atoms with Crippen LogP contribution in [0.2, 0.25) is 0 Å². The maximum atomic E-state index is 12.4. The number of carbonyl (C=O) groups is 2. The topological polar surface area (TPSA) is 138 Å². The molecule has 0 radical (unpaired) electrons. The third kappa shape index (κ3) is 4.82. The van der Waals surface area contributed by atoms with Gasteiger partial charge in [-0.3, -0.25) is 10.1 Å². The largest absolute Gasteiger partial charge is 0.461 e. The first-order valence-electron chi connectivity index (χ1n) is 8.51. The molecule has 0 fully saturated rings. The molecule has 2 aromatic rings. The summed E-state index contributed by atoms with van der Waals surface area (Å²) >= 11 is 0. The number of fused-ring (bicyclic) bond motifs is 1. The summed E-state index contributed by atoms with van der Waals surface area (Å²) in [6.45, 7) is 4.72. The highest BCUT2D eigenvalue weighted by Gasteiger charge is 2.43. The van der Waals surface area contributed by atoms with Crippen LogP contribution in [-0.2, 0) is 14.3 Å². The summed E-state index contributed by atoms with van der Waals surface area (Å²) in [6.07, 6.45) is -0.262. The number of rotatable bonds is 8. The van der Waals surface area contributed by atoms with E-state index in [2.05, 4.69) is 4.98 Å². The van der Waals surface area contributed by atoms with E-state index in [4.69, 9.17) is 15.2 Å². The maximum absolute atomic E-state index is 12.4. The van der Waals surface area contributed by atoms with Gasteiger partial charge in [0.05, 0.1) is 6.61 Å². The van der Waals surface area contributed by atoms with Gasteiger partial charge in [0.25, 0.3) is 0 Å². The van der Waals surface area contributed by atoms with Gasteiger partial charge in [-0.2, -0.15) is 0 Å². The summed E-state index contributed by atoms with van der Waals surface area (Å²) < 4.78 is 10.0. The molecule has 1 aromatic heterocycles. The fourth-order valence-corrected chi connectivity index (χ4v) is 2.70. The van der Waals surface area contributed by atoms with E-state index in [1.165, 1.54) is 0 Å². The minimum Gasteiger partial charge on any atom is -0.461 e. The van der Waals surface area contributed by atoms with Gasteiger partial charge in [-0.25, -0.2) is 9.59 Å². The van der Waals surface area contributed by atoms with E-state index in [0.717, 1.165) is 10.9 Å². The lowest BCUT2D eigenvalue weighted by molar-refractivity contribution is -0.514. The molecule has 0 saturated carbocycles. The van der Waals surface area contributed by atoms with Crippen LogP contribution < -0.4 is 10.5 Å². The zero-order valence-corrected chi connectivity index (χ0v) is 15.4. The van der Waals surface area contributed by atoms with Crippen LogP contribution in [0.4, 0.5) is 0 Å². The highest BCUT2D eigenvalue weighted by Crippen LogP contribution is 2.29. The van der Waals surface area contributed by atoms with Crippen LogP contribution in [0.3, 0.4) is 0 Å². The van der Waals surface area contributed by atoms with E-state index >= 15 is 0 Å². The minimum atomic E-state index is -1.60. The van der Waals surface area contributed by atoms with Gasteiger partial charge < -0.3 is 20.2 Å². The van der Waals surface area contributed by atoms with Crippen LogP contribution in [-0.4, -0.2) is 40.5 Å². The number of hydrogen-bond acceptors (Lipinski definition) is 7. The minimum absolute atomic E-state index is 0.0259. The second kappa shape index (κ2) is 8.17. The lowest BCUT2D eigenvalue weighted by Gasteiger charge is -2.29. The van der Waals surface area contributed by atoms with E-state index in [1.54, 1.807) is 26.8 Å². The van der Waals surface area contributed by atoms with Gasteiger partial charge in [-0.1, -0.05) is 32.0 Å². The summed E-state index contributed by atoms with van der Waals surface area (Å²) in [6, 6.07) is 6.25. The number of nitrogens with two attached hydrogens (primary N) is 1. The average Bonchev–Trinajstić information content (AvgIpc) is 3.01. The number of carbonyl (C=O) groups excluding carboxylic acids is 2. The number of aromatic amines is 1. The summed E-state index contributed by atoms with van der Waals surface area (Å²) in [4.78, 5) is 37.7. The predicted molar refractivity (Wildman–Crippen MR) is 97.7 cm³/mol. The number of esters is 2. The standard InChI is InChI=1S/C18H23N3O6/c1-4-26-16(22)13(21(24)25)10-18(2,3)15(19)17(23)27-14-9-11-7-5-6-8-12(11)20-14/h5-9,13,15,20H,4,10,19H2,1-3H3/t13?,15-/m1/s1. The van der Waals surface area contributed by atoms with Crippen molar-refractivity contribution in [3.63, 3.8) is 0 Å². The molecule has 0 aliphatic carbocycles.